The van der Waals surface area contributed by atoms with E-state index < -0.39 is 28.4 Å². The Labute approximate surface area is 293 Å². The summed E-state index contributed by atoms with van der Waals surface area (Å²) in [5, 5.41) is 14.5. The number of alkyl halides is 3. The van der Waals surface area contributed by atoms with Crippen LogP contribution in [0.2, 0.25) is 5.02 Å². The van der Waals surface area contributed by atoms with Crippen LogP contribution in [0.15, 0.2) is 23.6 Å². The number of benzene rings is 1. The lowest BCUT2D eigenvalue weighted by Crippen LogP contribution is -2.51. The second kappa shape index (κ2) is 15.0. The van der Waals surface area contributed by atoms with Crippen molar-refractivity contribution in [1.82, 2.24) is 24.5 Å². The highest BCUT2D eigenvalue weighted by Gasteiger charge is 2.38. The third kappa shape index (κ3) is 8.29. The Kier molecular flexibility index (Phi) is 11.0. The third-order valence-corrected chi connectivity index (χ3v) is 11.7. The molecule has 0 aliphatic carbocycles. The number of hydrogen-bond acceptors (Lipinski definition) is 7. The van der Waals surface area contributed by atoms with Crippen molar-refractivity contribution in [2.45, 2.75) is 69.8 Å². The summed E-state index contributed by atoms with van der Waals surface area (Å²) >= 11 is 7.61. The zero-order valence-corrected chi connectivity index (χ0v) is 29.3. The maximum atomic E-state index is 14.1. The van der Waals surface area contributed by atoms with E-state index in [1.54, 1.807) is 21.1 Å². The smallest absolute Gasteiger partial charge is 0.420 e. The van der Waals surface area contributed by atoms with E-state index in [0.717, 1.165) is 62.1 Å². The number of aromatic hydroxyl groups is 1. The van der Waals surface area contributed by atoms with Crippen molar-refractivity contribution in [3.05, 3.63) is 44.6 Å². The average Bonchev–Trinajstić information content (AvgIpc) is 3.42. The average molecular weight is 725 g/mol. The summed E-state index contributed by atoms with van der Waals surface area (Å²) in [6.07, 6.45) is -1.28. The Bertz CT molecular complexity index is 1530. The lowest BCUT2D eigenvalue weighted by Gasteiger charge is -2.41. The molecular formula is C34H44ClF3N6O4S. The second-order valence-electron chi connectivity index (χ2n) is 13.8. The predicted octanol–water partition coefficient (Wildman–Crippen LogP) is 5.34. The molecule has 1 aromatic heterocycles. The number of carbonyl (C=O) groups is 3. The van der Waals surface area contributed by atoms with Crippen molar-refractivity contribution >= 4 is 46.5 Å². The van der Waals surface area contributed by atoms with E-state index in [0.29, 0.717) is 51.6 Å². The molecule has 10 nitrogen and oxygen atoms in total. The molecule has 0 bridgehead atoms. The Morgan fingerprint density at radius 2 is 1.69 bits per heavy atom. The lowest BCUT2D eigenvalue weighted by atomic mass is 9.91. The number of urea groups is 1. The number of phenols is 1. The molecule has 1 atom stereocenters. The normalized spacial score (nSPS) is 21.3. The van der Waals surface area contributed by atoms with Crippen molar-refractivity contribution in [1.29, 1.82) is 0 Å². The van der Waals surface area contributed by atoms with Gasteiger partial charge in [-0.25, -0.2) is 4.79 Å². The van der Waals surface area contributed by atoms with Gasteiger partial charge in [-0.05, 0) is 87.8 Å². The van der Waals surface area contributed by atoms with Gasteiger partial charge < -0.3 is 30.0 Å². The Morgan fingerprint density at radius 3 is 2.41 bits per heavy atom. The molecule has 0 spiro atoms. The van der Waals surface area contributed by atoms with E-state index in [-0.39, 0.29) is 42.3 Å². The monoisotopic (exact) mass is 724 g/mol. The summed E-state index contributed by atoms with van der Waals surface area (Å²) in [4.78, 5) is 51.8. The molecule has 0 radical (unpaired) electrons. The van der Waals surface area contributed by atoms with Crippen LogP contribution in [0.5, 0.6) is 5.75 Å². The van der Waals surface area contributed by atoms with E-state index in [4.69, 9.17) is 11.6 Å². The summed E-state index contributed by atoms with van der Waals surface area (Å²) in [5.74, 6) is -2.46. The van der Waals surface area contributed by atoms with Crippen molar-refractivity contribution in [2.75, 3.05) is 64.7 Å². The Balaban J connectivity index is 1.13. The van der Waals surface area contributed by atoms with Gasteiger partial charge in [0.2, 0.25) is 11.8 Å². The number of thiophene rings is 1. The van der Waals surface area contributed by atoms with Gasteiger partial charge in [0.1, 0.15) is 5.75 Å². The molecule has 1 aromatic carbocycles. The highest BCUT2D eigenvalue weighted by Crippen LogP contribution is 2.41. The van der Waals surface area contributed by atoms with Gasteiger partial charge in [-0.1, -0.05) is 11.6 Å². The second-order valence-corrected chi connectivity index (χ2v) is 15.2. The number of piperidine rings is 2. The van der Waals surface area contributed by atoms with Gasteiger partial charge in [0, 0.05) is 62.7 Å². The molecule has 49 heavy (non-hydrogen) atoms. The fraction of sp³-hybridized carbons (Fsp3) is 0.618. The fourth-order valence-corrected chi connectivity index (χ4v) is 8.78. The van der Waals surface area contributed by atoms with Gasteiger partial charge in [-0.15, -0.1) is 11.3 Å². The summed E-state index contributed by atoms with van der Waals surface area (Å²) in [5.41, 5.74) is -0.298. The molecule has 5 heterocycles. The number of fused-ring (bicyclic) bond motifs is 1. The summed E-state index contributed by atoms with van der Waals surface area (Å²) < 4.78 is 41.2. The summed E-state index contributed by atoms with van der Waals surface area (Å²) in [7, 11) is 2.13. The number of anilines is 1. The zero-order valence-electron chi connectivity index (χ0n) is 27.7. The molecule has 15 heteroatoms. The molecule has 0 saturated carbocycles. The van der Waals surface area contributed by atoms with Crippen molar-refractivity contribution in [3.8, 4) is 5.75 Å². The highest BCUT2D eigenvalue weighted by atomic mass is 35.5. The van der Waals surface area contributed by atoms with Crippen LogP contribution in [0.4, 0.5) is 23.7 Å². The lowest BCUT2D eigenvalue weighted by molar-refractivity contribution is -0.143. The maximum absolute atomic E-state index is 14.1. The number of rotatable bonds is 7. The quantitative estimate of drug-likeness (QED) is 0.400. The number of amides is 4. The minimum absolute atomic E-state index is 0.0393. The first kappa shape index (κ1) is 35.7. The van der Waals surface area contributed by atoms with Crippen LogP contribution in [0, 0.1) is 5.92 Å². The summed E-state index contributed by atoms with van der Waals surface area (Å²) in [6, 6.07) is 4.12. The van der Waals surface area contributed by atoms with Gasteiger partial charge in [0.15, 0.2) is 0 Å². The first-order chi connectivity index (χ1) is 23.4. The first-order valence-electron chi connectivity index (χ1n) is 17.1. The van der Waals surface area contributed by atoms with Crippen molar-refractivity contribution < 1.29 is 32.7 Å². The number of nitrogens with zero attached hydrogens (tertiary/aromatic N) is 5. The Morgan fingerprint density at radius 1 is 1.00 bits per heavy atom. The molecule has 0 unspecified atom stereocenters. The first-order valence-corrected chi connectivity index (χ1v) is 18.3. The van der Waals surface area contributed by atoms with Gasteiger partial charge in [0.25, 0.3) is 0 Å². The third-order valence-electron chi connectivity index (χ3n) is 10.5. The molecule has 4 aliphatic heterocycles. The van der Waals surface area contributed by atoms with Crippen LogP contribution < -0.4 is 5.32 Å². The molecule has 4 aliphatic rings. The Hall–Kier alpha value is -3.07. The van der Waals surface area contributed by atoms with Gasteiger partial charge in [-0.2, -0.15) is 13.2 Å². The maximum Gasteiger partial charge on any atom is 0.420 e. The molecule has 2 aromatic rings. The van der Waals surface area contributed by atoms with Crippen LogP contribution >= 0.6 is 22.9 Å². The van der Waals surface area contributed by atoms with E-state index in [1.807, 2.05) is 16.3 Å². The minimum atomic E-state index is -4.84. The number of phenolic OH excluding ortho intramolecular Hbond substituents is 1. The van der Waals surface area contributed by atoms with Crippen LogP contribution in [0.1, 0.15) is 54.5 Å². The van der Waals surface area contributed by atoms with Crippen molar-refractivity contribution in [2.24, 2.45) is 5.92 Å². The molecule has 268 valence electrons. The molecular weight excluding hydrogens is 681 g/mol. The topological polar surface area (TPSA) is 99.7 Å². The molecule has 3 fully saturated rings. The molecule has 6 rings (SSSR count). The van der Waals surface area contributed by atoms with Crippen LogP contribution in [-0.2, 0) is 28.7 Å². The van der Waals surface area contributed by atoms with E-state index >= 15 is 0 Å². The van der Waals surface area contributed by atoms with Gasteiger partial charge in [-0.3, -0.25) is 14.5 Å². The molecule has 3 saturated heterocycles. The largest absolute Gasteiger partial charge is 0.506 e. The molecule has 4 amide bonds. The number of nitrogens with one attached hydrogen (secondary N) is 1. The minimum Gasteiger partial charge on any atom is -0.506 e. The zero-order chi connectivity index (χ0) is 34.9. The van der Waals surface area contributed by atoms with E-state index in [2.05, 4.69) is 22.2 Å². The fourth-order valence-electron chi connectivity index (χ4n) is 7.71. The predicted molar refractivity (Wildman–Crippen MR) is 182 cm³/mol. The number of likely N-dealkylation sites (N-methyl/N-ethyl adjacent to an activating group) is 1. The number of carbonyl (C=O) groups excluding carboxylic acids is 3. The highest BCUT2D eigenvalue weighted by molar-refractivity contribution is 7.10. The van der Waals surface area contributed by atoms with Crippen LogP contribution in [-0.4, -0.2) is 119 Å². The SMILES string of the molecule is CN1CCCN(C2CCN(C(=O)[C@H](CC(=O)N3CCC(N4Cc5sccc5NC4=O)CC3)Cc3cc(Cl)c(O)c(C(F)(F)F)c3)CC2)CC1. The van der Waals surface area contributed by atoms with Gasteiger partial charge >= 0.3 is 12.2 Å². The van der Waals surface area contributed by atoms with E-state index in [1.165, 1.54) is 6.07 Å². The van der Waals surface area contributed by atoms with Crippen LogP contribution in [0.25, 0.3) is 0 Å². The number of hydrogen-bond donors (Lipinski definition) is 2. The van der Waals surface area contributed by atoms with E-state index in [9.17, 15) is 32.7 Å². The van der Waals surface area contributed by atoms with Crippen molar-refractivity contribution in [3.63, 3.8) is 0 Å². The summed E-state index contributed by atoms with van der Waals surface area (Å²) in [6.45, 7) is 6.41. The number of halogens is 4. The van der Waals surface area contributed by atoms with Gasteiger partial charge in [0.05, 0.1) is 28.7 Å². The number of likely N-dealkylation sites (tertiary alicyclic amines) is 2. The van der Waals surface area contributed by atoms with Crippen LogP contribution in [0.3, 0.4) is 0 Å². The standard InChI is InChI=1S/C34H44ClF3N6O4S/c1-40-8-2-9-41(15-14-40)24-3-12-43(13-4-24)32(47)23(17-22-18-26(34(36,37)38)31(46)27(35)19-22)20-30(45)42-10-5-25(6-11-42)44-21-29-28(7-16-49-29)39-33(44)48/h7,16,18-19,23-25,46H,2-6,8-15,17,20-21H2,1H3,(H,39,48)/t23-/m0/s1. The molecule has 2 N–H and O–H groups in total.